The Morgan fingerprint density at radius 1 is 0.931 bits per heavy atom. The van der Waals surface area contributed by atoms with Crippen LogP contribution in [0.25, 0.3) is 0 Å². The maximum Gasteiger partial charge on any atom is 0.318 e. The fraction of sp³-hybridized carbons (Fsp3) is 0.292. The van der Waals surface area contributed by atoms with Gasteiger partial charge >= 0.3 is 6.03 Å². The van der Waals surface area contributed by atoms with E-state index in [0.717, 1.165) is 16.8 Å². The zero-order valence-electron chi connectivity index (χ0n) is 17.2. The number of carbonyl (C=O) groups is 1. The second kappa shape index (κ2) is 8.95. The van der Waals surface area contributed by atoms with E-state index < -0.39 is 0 Å². The van der Waals surface area contributed by atoms with Gasteiger partial charge in [-0.05, 0) is 56.2 Å². The Hall–Kier alpha value is -3.08. The number of aromatic nitrogens is 1. The first-order chi connectivity index (χ1) is 13.8. The number of halogens is 1. The van der Waals surface area contributed by atoms with Crippen molar-refractivity contribution in [3.05, 3.63) is 95.6 Å². The maximum absolute atomic E-state index is 13.2. The first-order valence-electron chi connectivity index (χ1n) is 9.80. The standard InChI is InChI=1S/C24H28FN3O/c1-24(2,3)26-23(29)28(17-19-8-5-4-6-9-19)18-22-10-7-15-27(22)16-20-11-13-21(25)14-12-20/h4-15H,16-18H2,1-3H3,(H,26,29). The van der Waals surface area contributed by atoms with Gasteiger partial charge < -0.3 is 14.8 Å². The Labute approximate surface area is 172 Å². The van der Waals surface area contributed by atoms with Crippen LogP contribution in [0.1, 0.15) is 37.6 Å². The van der Waals surface area contributed by atoms with Crippen molar-refractivity contribution < 1.29 is 9.18 Å². The number of urea groups is 1. The van der Waals surface area contributed by atoms with Crippen molar-refractivity contribution in [2.24, 2.45) is 0 Å². The molecule has 0 saturated carbocycles. The highest BCUT2D eigenvalue weighted by atomic mass is 19.1. The van der Waals surface area contributed by atoms with Crippen LogP contribution in [-0.4, -0.2) is 21.0 Å². The van der Waals surface area contributed by atoms with Crippen LogP contribution in [0, 0.1) is 5.82 Å². The lowest BCUT2D eigenvalue weighted by Crippen LogP contribution is -2.48. The minimum absolute atomic E-state index is 0.101. The van der Waals surface area contributed by atoms with E-state index in [0.29, 0.717) is 19.6 Å². The van der Waals surface area contributed by atoms with Crippen LogP contribution in [0.15, 0.2) is 72.9 Å². The van der Waals surface area contributed by atoms with Crippen molar-refractivity contribution in [3.8, 4) is 0 Å². The van der Waals surface area contributed by atoms with Crippen molar-refractivity contribution in [1.29, 1.82) is 0 Å². The molecule has 0 bridgehead atoms. The highest BCUT2D eigenvalue weighted by Gasteiger charge is 2.21. The summed E-state index contributed by atoms with van der Waals surface area (Å²) in [6, 6.07) is 20.4. The summed E-state index contributed by atoms with van der Waals surface area (Å²) in [6.45, 7) is 7.55. The number of hydrogen-bond acceptors (Lipinski definition) is 1. The van der Waals surface area contributed by atoms with Gasteiger partial charge in [-0.15, -0.1) is 0 Å². The molecule has 2 aromatic carbocycles. The predicted octanol–water partition coefficient (Wildman–Crippen LogP) is 5.19. The van der Waals surface area contributed by atoms with Gasteiger partial charge in [-0.1, -0.05) is 42.5 Å². The molecule has 4 nitrogen and oxygen atoms in total. The van der Waals surface area contributed by atoms with Gasteiger partial charge in [-0.25, -0.2) is 9.18 Å². The summed E-state index contributed by atoms with van der Waals surface area (Å²) in [5, 5.41) is 3.06. The number of nitrogens with one attached hydrogen (secondary N) is 1. The van der Waals surface area contributed by atoms with Crippen molar-refractivity contribution in [3.63, 3.8) is 0 Å². The predicted molar refractivity (Wildman–Crippen MR) is 114 cm³/mol. The molecule has 0 unspecified atom stereocenters. The van der Waals surface area contributed by atoms with Gasteiger partial charge in [0.25, 0.3) is 0 Å². The highest BCUT2D eigenvalue weighted by Crippen LogP contribution is 2.15. The van der Waals surface area contributed by atoms with E-state index in [1.165, 1.54) is 12.1 Å². The maximum atomic E-state index is 13.2. The molecule has 0 saturated heterocycles. The molecule has 29 heavy (non-hydrogen) atoms. The number of rotatable bonds is 6. The quantitative estimate of drug-likeness (QED) is 0.615. The summed E-state index contributed by atoms with van der Waals surface area (Å²) in [6.07, 6.45) is 1.99. The van der Waals surface area contributed by atoms with Crippen LogP contribution in [0.3, 0.4) is 0 Å². The second-order valence-corrected chi connectivity index (χ2v) is 8.28. The van der Waals surface area contributed by atoms with E-state index in [1.54, 1.807) is 12.1 Å². The molecule has 1 N–H and O–H groups in total. The molecule has 152 valence electrons. The van der Waals surface area contributed by atoms with Gasteiger partial charge in [0.05, 0.1) is 6.54 Å². The van der Waals surface area contributed by atoms with E-state index in [-0.39, 0.29) is 17.4 Å². The zero-order valence-corrected chi connectivity index (χ0v) is 17.2. The van der Waals surface area contributed by atoms with Crippen LogP contribution < -0.4 is 5.32 Å². The second-order valence-electron chi connectivity index (χ2n) is 8.28. The lowest BCUT2D eigenvalue weighted by Gasteiger charge is -2.29. The summed E-state index contributed by atoms with van der Waals surface area (Å²) in [4.78, 5) is 14.8. The Balaban J connectivity index is 1.79. The smallest absolute Gasteiger partial charge is 0.318 e. The fourth-order valence-corrected chi connectivity index (χ4v) is 3.13. The number of hydrogen-bond donors (Lipinski definition) is 1. The molecule has 5 heteroatoms. The third-order valence-corrected chi connectivity index (χ3v) is 4.53. The Morgan fingerprint density at radius 3 is 2.28 bits per heavy atom. The minimum atomic E-state index is -0.317. The molecule has 0 radical (unpaired) electrons. The normalized spacial score (nSPS) is 11.3. The van der Waals surface area contributed by atoms with Crippen molar-refractivity contribution in [2.45, 2.75) is 45.9 Å². The molecule has 0 aliphatic rings. The van der Waals surface area contributed by atoms with E-state index >= 15 is 0 Å². The number of nitrogens with zero attached hydrogens (tertiary/aromatic N) is 2. The van der Waals surface area contributed by atoms with E-state index in [1.807, 2.05) is 74.3 Å². The van der Waals surface area contributed by atoms with Crippen LogP contribution in [0.4, 0.5) is 9.18 Å². The Kier molecular flexibility index (Phi) is 6.37. The molecule has 2 amide bonds. The van der Waals surface area contributed by atoms with E-state index in [4.69, 9.17) is 0 Å². The third-order valence-electron chi connectivity index (χ3n) is 4.53. The summed E-state index contributed by atoms with van der Waals surface area (Å²) >= 11 is 0. The SMILES string of the molecule is CC(C)(C)NC(=O)N(Cc1ccccc1)Cc1cccn1Cc1ccc(F)cc1. The van der Waals surface area contributed by atoms with Gasteiger partial charge in [0.1, 0.15) is 5.82 Å². The average molecular weight is 394 g/mol. The fourth-order valence-electron chi connectivity index (χ4n) is 3.13. The van der Waals surface area contributed by atoms with Crippen molar-refractivity contribution in [1.82, 2.24) is 14.8 Å². The zero-order chi connectivity index (χ0) is 20.9. The Bertz CT molecular complexity index is 927. The lowest BCUT2D eigenvalue weighted by molar-refractivity contribution is 0.181. The largest absolute Gasteiger partial charge is 0.345 e. The monoisotopic (exact) mass is 393 g/mol. The molecule has 1 aromatic heterocycles. The van der Waals surface area contributed by atoms with Gasteiger partial charge in [0.15, 0.2) is 0 Å². The topological polar surface area (TPSA) is 37.3 Å². The number of carbonyl (C=O) groups excluding carboxylic acids is 1. The molecule has 3 rings (SSSR count). The van der Waals surface area contributed by atoms with Gasteiger partial charge in [0, 0.05) is 30.5 Å². The minimum Gasteiger partial charge on any atom is -0.345 e. The highest BCUT2D eigenvalue weighted by molar-refractivity contribution is 5.75. The summed E-state index contributed by atoms with van der Waals surface area (Å²) < 4.78 is 15.3. The molecule has 0 atom stereocenters. The Morgan fingerprint density at radius 2 is 1.62 bits per heavy atom. The first kappa shape index (κ1) is 20.6. The molecule has 0 fully saturated rings. The summed E-state index contributed by atoms with van der Waals surface area (Å²) in [7, 11) is 0. The summed E-state index contributed by atoms with van der Waals surface area (Å²) in [5.41, 5.74) is 2.79. The lowest BCUT2D eigenvalue weighted by atomic mass is 10.1. The van der Waals surface area contributed by atoms with Crippen LogP contribution >= 0.6 is 0 Å². The molecule has 0 spiro atoms. The van der Waals surface area contributed by atoms with Crippen LogP contribution in [0.2, 0.25) is 0 Å². The first-order valence-corrected chi connectivity index (χ1v) is 9.80. The number of benzene rings is 2. The van der Waals surface area contributed by atoms with Gasteiger partial charge in [-0.2, -0.15) is 0 Å². The molecule has 0 aliphatic carbocycles. The van der Waals surface area contributed by atoms with E-state index in [9.17, 15) is 9.18 Å². The van der Waals surface area contributed by atoms with Crippen molar-refractivity contribution >= 4 is 6.03 Å². The van der Waals surface area contributed by atoms with Gasteiger partial charge in [-0.3, -0.25) is 0 Å². The van der Waals surface area contributed by atoms with Gasteiger partial charge in [0.2, 0.25) is 0 Å². The van der Waals surface area contributed by atoms with Crippen LogP contribution in [0.5, 0.6) is 0 Å². The summed E-state index contributed by atoms with van der Waals surface area (Å²) in [5.74, 6) is -0.241. The molecule has 1 heterocycles. The third kappa shape index (κ3) is 6.21. The molecular formula is C24H28FN3O. The van der Waals surface area contributed by atoms with Crippen LogP contribution in [-0.2, 0) is 19.6 Å². The molecule has 3 aromatic rings. The van der Waals surface area contributed by atoms with Crippen molar-refractivity contribution in [2.75, 3.05) is 0 Å². The average Bonchev–Trinajstić information content (AvgIpc) is 3.09. The molecular weight excluding hydrogens is 365 g/mol. The van der Waals surface area contributed by atoms with E-state index in [2.05, 4.69) is 9.88 Å². The number of amides is 2. The molecule has 0 aliphatic heterocycles.